The van der Waals surface area contributed by atoms with E-state index in [1.807, 2.05) is 29.0 Å². The number of aliphatic hydroxyl groups is 1. The molecule has 4 aromatic heterocycles. The molecule has 0 unspecified atom stereocenters. The van der Waals surface area contributed by atoms with Crippen LogP contribution in [0.25, 0.3) is 27.9 Å². The van der Waals surface area contributed by atoms with Gasteiger partial charge in [-0.15, -0.1) is 0 Å². The Bertz CT molecular complexity index is 1420. The van der Waals surface area contributed by atoms with Crippen molar-refractivity contribution in [2.75, 3.05) is 25.6 Å². The van der Waals surface area contributed by atoms with Gasteiger partial charge in [-0.05, 0) is 31.4 Å². The van der Waals surface area contributed by atoms with Gasteiger partial charge in [-0.1, -0.05) is 0 Å². The fraction of sp³-hybridized carbons (Fsp3) is 0.417. The van der Waals surface area contributed by atoms with Crippen molar-refractivity contribution in [2.24, 2.45) is 0 Å². The number of aliphatic hydroxyl groups excluding tert-OH is 1. The van der Waals surface area contributed by atoms with Crippen molar-refractivity contribution in [3.05, 3.63) is 42.4 Å². The van der Waals surface area contributed by atoms with E-state index in [2.05, 4.69) is 20.7 Å². The summed E-state index contributed by atoms with van der Waals surface area (Å²) in [6.07, 6.45) is 5.63. The highest BCUT2D eigenvalue weighted by Gasteiger charge is 2.32. The molecule has 4 atom stereocenters. The summed E-state index contributed by atoms with van der Waals surface area (Å²) in [6, 6.07) is 4.84. The molecule has 1 saturated heterocycles. The van der Waals surface area contributed by atoms with Gasteiger partial charge in [0.2, 0.25) is 0 Å². The molecule has 1 aliphatic heterocycles. The summed E-state index contributed by atoms with van der Waals surface area (Å²) >= 11 is 0. The fourth-order valence-electron chi connectivity index (χ4n) is 5.11. The number of halogens is 1. The molecule has 182 valence electrons. The first-order chi connectivity index (χ1) is 17.0. The zero-order chi connectivity index (χ0) is 24.1. The van der Waals surface area contributed by atoms with Gasteiger partial charge in [-0.25, -0.2) is 14.4 Å². The minimum Gasteiger partial charge on any atom is -0.391 e. The van der Waals surface area contributed by atoms with Crippen LogP contribution in [0.15, 0.2) is 36.8 Å². The maximum atomic E-state index is 14.6. The predicted molar refractivity (Wildman–Crippen MR) is 127 cm³/mol. The number of anilines is 1. The van der Waals surface area contributed by atoms with Crippen molar-refractivity contribution < 1.29 is 19.0 Å². The highest BCUT2D eigenvalue weighted by Crippen LogP contribution is 2.35. The Labute approximate surface area is 200 Å². The number of fused-ring (bicyclic) bond motifs is 2. The van der Waals surface area contributed by atoms with E-state index in [4.69, 9.17) is 9.72 Å². The van der Waals surface area contributed by atoms with Crippen molar-refractivity contribution in [3.8, 4) is 11.3 Å². The number of rotatable bonds is 5. The molecule has 11 heteroatoms. The molecule has 0 bridgehead atoms. The zero-order valence-corrected chi connectivity index (χ0v) is 19.2. The second-order valence-corrected chi connectivity index (χ2v) is 9.09. The molecule has 6 rings (SSSR count). The molecule has 3 N–H and O–H groups in total. The smallest absolute Gasteiger partial charge is 0.257 e. The highest BCUT2D eigenvalue weighted by atomic mass is 19.1. The lowest BCUT2D eigenvalue weighted by atomic mass is 10.1. The second-order valence-electron chi connectivity index (χ2n) is 9.09. The first-order valence-corrected chi connectivity index (χ1v) is 11.8. The Hall–Kier alpha value is -3.57. The minimum absolute atomic E-state index is 0.0601. The summed E-state index contributed by atoms with van der Waals surface area (Å²) in [4.78, 5) is 22.4. The van der Waals surface area contributed by atoms with E-state index in [0.717, 1.165) is 23.8 Å². The van der Waals surface area contributed by atoms with E-state index in [-0.39, 0.29) is 25.2 Å². The van der Waals surface area contributed by atoms with Crippen molar-refractivity contribution in [2.45, 2.75) is 43.6 Å². The lowest BCUT2D eigenvalue weighted by Gasteiger charge is -2.16. The van der Waals surface area contributed by atoms with Crippen LogP contribution in [-0.4, -0.2) is 73.7 Å². The molecular formula is C24H26FN7O3. The normalized spacial score (nSPS) is 24.4. The first kappa shape index (κ1) is 21.9. The first-order valence-electron chi connectivity index (χ1n) is 11.8. The van der Waals surface area contributed by atoms with Gasteiger partial charge >= 0.3 is 0 Å². The number of hydrogen-bond acceptors (Lipinski definition) is 7. The van der Waals surface area contributed by atoms with Crippen molar-refractivity contribution >= 4 is 28.4 Å². The van der Waals surface area contributed by atoms with Crippen molar-refractivity contribution in [3.63, 3.8) is 0 Å². The minimum atomic E-state index is -1.13. The fourth-order valence-corrected chi connectivity index (χ4v) is 5.11. The van der Waals surface area contributed by atoms with Gasteiger partial charge in [0.15, 0.2) is 5.65 Å². The van der Waals surface area contributed by atoms with Gasteiger partial charge in [0.1, 0.15) is 23.2 Å². The highest BCUT2D eigenvalue weighted by molar-refractivity contribution is 6.01. The quantitative estimate of drug-likeness (QED) is 0.402. The largest absolute Gasteiger partial charge is 0.391 e. The summed E-state index contributed by atoms with van der Waals surface area (Å²) in [7, 11) is 1.77. The van der Waals surface area contributed by atoms with Crippen LogP contribution in [0.5, 0.6) is 0 Å². The number of nitrogens with one attached hydrogen (secondary N) is 2. The number of alkyl halides is 1. The Balaban J connectivity index is 1.47. The van der Waals surface area contributed by atoms with E-state index in [1.54, 1.807) is 17.8 Å². The van der Waals surface area contributed by atoms with Gasteiger partial charge < -0.3 is 25.0 Å². The standard InChI is InChI=1S/C24H26FN7O3/c1-26-21-8-18(15-10-31(19-12-35-11-16(19)25)22-13(15)4-3-7-27-22)29-23-14(9-28-32(21)23)24(34)30-17-5-2-6-20(17)33/h3-4,7-10,16-17,19-20,26,33H,2,5-6,11-12H2,1H3,(H,30,34)/t16-,17+,19+,20-/m0/s1. The summed E-state index contributed by atoms with van der Waals surface area (Å²) in [5, 5.41) is 21.4. The van der Waals surface area contributed by atoms with E-state index in [1.165, 1.54) is 6.20 Å². The number of aromatic nitrogens is 5. The van der Waals surface area contributed by atoms with Crippen LogP contribution in [0, 0.1) is 0 Å². The average Bonchev–Trinajstić information content (AvgIpc) is 3.65. The van der Waals surface area contributed by atoms with E-state index in [9.17, 15) is 14.3 Å². The Morgan fingerprint density at radius 1 is 1.29 bits per heavy atom. The molecule has 10 nitrogen and oxygen atoms in total. The number of ether oxygens (including phenoxy) is 1. The lowest BCUT2D eigenvalue weighted by Crippen LogP contribution is -2.39. The van der Waals surface area contributed by atoms with E-state index in [0.29, 0.717) is 34.8 Å². The summed E-state index contributed by atoms with van der Waals surface area (Å²) in [6.45, 7) is 0.333. The molecular weight excluding hydrogens is 453 g/mol. The number of carbonyl (C=O) groups excluding carboxylic acids is 1. The Morgan fingerprint density at radius 3 is 2.91 bits per heavy atom. The number of pyridine rings is 1. The van der Waals surface area contributed by atoms with Gasteiger partial charge in [-0.2, -0.15) is 9.61 Å². The monoisotopic (exact) mass is 479 g/mol. The number of amides is 1. The summed E-state index contributed by atoms with van der Waals surface area (Å²) in [5.41, 5.74) is 2.72. The number of carbonyl (C=O) groups is 1. The molecule has 1 amide bonds. The third kappa shape index (κ3) is 3.62. The molecule has 0 aromatic carbocycles. The van der Waals surface area contributed by atoms with E-state index >= 15 is 0 Å². The molecule has 0 spiro atoms. The second kappa shape index (κ2) is 8.58. The average molecular weight is 480 g/mol. The van der Waals surface area contributed by atoms with Gasteiger partial charge in [0.05, 0.1) is 43.3 Å². The van der Waals surface area contributed by atoms with Gasteiger partial charge in [0, 0.05) is 36.5 Å². The molecule has 5 heterocycles. The molecule has 1 aliphatic carbocycles. The molecule has 2 aliphatic rings. The van der Waals surface area contributed by atoms with E-state index < -0.39 is 18.3 Å². The van der Waals surface area contributed by atoms with Crippen LogP contribution < -0.4 is 10.6 Å². The number of hydrogen-bond donors (Lipinski definition) is 3. The summed E-state index contributed by atoms with van der Waals surface area (Å²) < 4.78 is 23.3. The molecule has 35 heavy (non-hydrogen) atoms. The third-order valence-electron chi connectivity index (χ3n) is 6.97. The van der Waals surface area contributed by atoms with Crippen LogP contribution >= 0.6 is 0 Å². The van der Waals surface area contributed by atoms with Crippen LogP contribution in [0.1, 0.15) is 35.7 Å². The van der Waals surface area contributed by atoms with Crippen LogP contribution in [0.2, 0.25) is 0 Å². The topological polar surface area (TPSA) is 119 Å². The maximum Gasteiger partial charge on any atom is 0.257 e. The maximum absolute atomic E-state index is 14.6. The summed E-state index contributed by atoms with van der Waals surface area (Å²) in [5.74, 6) is 0.312. The molecule has 4 aromatic rings. The van der Waals surface area contributed by atoms with Crippen LogP contribution in [0.4, 0.5) is 10.2 Å². The Kier molecular flexibility index (Phi) is 5.37. The molecule has 2 fully saturated rings. The van der Waals surface area contributed by atoms with Crippen LogP contribution in [-0.2, 0) is 4.74 Å². The zero-order valence-electron chi connectivity index (χ0n) is 19.2. The van der Waals surface area contributed by atoms with Gasteiger partial charge in [0.25, 0.3) is 5.91 Å². The third-order valence-corrected chi connectivity index (χ3v) is 6.97. The van der Waals surface area contributed by atoms with Crippen LogP contribution in [0.3, 0.4) is 0 Å². The lowest BCUT2D eigenvalue weighted by molar-refractivity contribution is 0.0874. The Morgan fingerprint density at radius 2 is 2.17 bits per heavy atom. The number of nitrogens with zero attached hydrogens (tertiary/aromatic N) is 5. The molecule has 1 saturated carbocycles. The van der Waals surface area contributed by atoms with Gasteiger partial charge in [-0.3, -0.25) is 4.79 Å². The molecule has 0 radical (unpaired) electrons. The SMILES string of the molecule is CNc1cc(-c2cn([C@@H]3COC[C@@H]3F)c3ncccc23)nc2c(C(=O)N[C@@H]3CCC[C@@H]3O)cnn12. The van der Waals surface area contributed by atoms with Crippen molar-refractivity contribution in [1.82, 2.24) is 29.5 Å². The van der Waals surface area contributed by atoms with Crippen molar-refractivity contribution in [1.29, 1.82) is 0 Å². The predicted octanol–water partition coefficient (Wildman–Crippen LogP) is 2.34.